The molecule has 2 aliphatic heterocycles. The molecule has 2 aromatic rings. The molecule has 1 atom stereocenters. The molecular formula is C18H23N3O6S. The van der Waals surface area contributed by atoms with E-state index in [1.165, 1.54) is 0 Å². The third-order valence-corrected chi connectivity index (χ3v) is 6.64. The number of hydrogen-bond donors (Lipinski definition) is 1. The molecule has 1 fully saturated rings. The Morgan fingerprint density at radius 3 is 2.64 bits per heavy atom. The number of hydrogen-bond acceptors (Lipinski definition) is 8. The van der Waals surface area contributed by atoms with Crippen molar-refractivity contribution in [3.63, 3.8) is 0 Å². The second-order valence-corrected chi connectivity index (χ2v) is 8.49. The fourth-order valence-corrected chi connectivity index (χ4v) is 4.95. The van der Waals surface area contributed by atoms with Gasteiger partial charge in [0.2, 0.25) is 16.8 Å². The van der Waals surface area contributed by atoms with Crippen LogP contribution in [-0.4, -0.2) is 58.1 Å². The minimum absolute atomic E-state index is 0.0962. The summed E-state index contributed by atoms with van der Waals surface area (Å²) in [6, 6.07) is 5.53. The zero-order valence-corrected chi connectivity index (χ0v) is 16.6. The average Bonchev–Trinajstić information content (AvgIpc) is 3.28. The van der Waals surface area contributed by atoms with Crippen molar-refractivity contribution in [2.45, 2.75) is 24.8 Å². The summed E-state index contributed by atoms with van der Waals surface area (Å²) in [6.45, 7) is 6.24. The molecule has 28 heavy (non-hydrogen) atoms. The molecule has 152 valence electrons. The predicted molar refractivity (Wildman–Crippen MR) is 98.9 cm³/mol. The number of morpholine rings is 1. The lowest BCUT2D eigenvalue weighted by Gasteiger charge is -2.35. The van der Waals surface area contributed by atoms with E-state index in [0.717, 1.165) is 5.56 Å². The Kier molecular flexibility index (Phi) is 5.28. The van der Waals surface area contributed by atoms with Crippen LogP contribution in [0, 0.1) is 13.8 Å². The molecule has 0 radical (unpaired) electrons. The zero-order valence-electron chi connectivity index (χ0n) is 15.8. The van der Waals surface area contributed by atoms with E-state index in [4.69, 9.17) is 18.7 Å². The number of ether oxygens (including phenoxy) is 3. The lowest BCUT2D eigenvalue weighted by molar-refractivity contribution is 0.0171. The third-order valence-electron chi connectivity index (χ3n) is 4.97. The van der Waals surface area contributed by atoms with Crippen molar-refractivity contribution < 1.29 is 27.2 Å². The Morgan fingerprint density at radius 1 is 1.18 bits per heavy atom. The van der Waals surface area contributed by atoms with Crippen molar-refractivity contribution >= 4 is 10.0 Å². The second kappa shape index (κ2) is 7.70. The minimum atomic E-state index is -3.75. The van der Waals surface area contributed by atoms with Crippen molar-refractivity contribution in [1.29, 1.82) is 0 Å². The maximum absolute atomic E-state index is 12.8. The van der Waals surface area contributed by atoms with Crippen LogP contribution in [0.3, 0.4) is 0 Å². The molecular weight excluding hydrogens is 386 g/mol. The first kappa shape index (κ1) is 19.2. The Hall–Kier alpha value is -2.14. The van der Waals surface area contributed by atoms with Gasteiger partial charge in [-0.2, -0.15) is 0 Å². The third kappa shape index (κ3) is 3.72. The molecule has 10 heteroatoms. The van der Waals surface area contributed by atoms with Gasteiger partial charge in [0, 0.05) is 25.7 Å². The van der Waals surface area contributed by atoms with E-state index >= 15 is 0 Å². The lowest BCUT2D eigenvalue weighted by atomic mass is 10.0. The first-order valence-electron chi connectivity index (χ1n) is 9.09. The minimum Gasteiger partial charge on any atom is -0.454 e. The summed E-state index contributed by atoms with van der Waals surface area (Å²) in [5, 5.41) is 3.75. The molecule has 1 unspecified atom stereocenters. The SMILES string of the molecule is Cc1noc(C)c1S(=O)(=O)NCC(c1ccc2c(c1)OCO2)N1CCOCC1. The smallest absolute Gasteiger partial charge is 0.246 e. The van der Waals surface area contributed by atoms with Gasteiger partial charge >= 0.3 is 0 Å². The highest BCUT2D eigenvalue weighted by molar-refractivity contribution is 7.89. The van der Waals surface area contributed by atoms with Gasteiger partial charge in [-0.05, 0) is 31.5 Å². The molecule has 3 heterocycles. The van der Waals surface area contributed by atoms with Gasteiger partial charge in [-0.1, -0.05) is 11.2 Å². The highest BCUT2D eigenvalue weighted by Gasteiger charge is 2.29. The number of nitrogens with zero attached hydrogens (tertiary/aromatic N) is 2. The van der Waals surface area contributed by atoms with E-state index in [0.29, 0.717) is 43.5 Å². The summed E-state index contributed by atoms with van der Waals surface area (Å²) in [5.41, 5.74) is 1.30. The summed E-state index contributed by atoms with van der Waals surface area (Å²) < 4.78 is 49.7. The monoisotopic (exact) mass is 409 g/mol. The Labute approximate surface area is 163 Å². The number of aromatic nitrogens is 1. The molecule has 0 amide bonds. The van der Waals surface area contributed by atoms with Gasteiger partial charge in [0.25, 0.3) is 0 Å². The topological polar surface area (TPSA) is 103 Å². The van der Waals surface area contributed by atoms with Crippen molar-refractivity contribution in [3.05, 3.63) is 35.2 Å². The van der Waals surface area contributed by atoms with E-state index in [-0.39, 0.29) is 30.0 Å². The highest BCUT2D eigenvalue weighted by atomic mass is 32.2. The first-order valence-corrected chi connectivity index (χ1v) is 10.6. The molecule has 9 nitrogen and oxygen atoms in total. The van der Waals surface area contributed by atoms with Crippen LogP contribution >= 0.6 is 0 Å². The van der Waals surface area contributed by atoms with Crippen LogP contribution in [0.25, 0.3) is 0 Å². The predicted octanol–water partition coefficient (Wildman–Crippen LogP) is 1.37. The van der Waals surface area contributed by atoms with Crippen LogP contribution in [0.5, 0.6) is 11.5 Å². The number of fused-ring (bicyclic) bond motifs is 1. The molecule has 0 aliphatic carbocycles. The standard InChI is InChI=1S/C18H23N3O6S/c1-12-18(13(2)27-20-12)28(22,23)19-10-15(21-5-7-24-8-6-21)14-3-4-16-17(9-14)26-11-25-16/h3-4,9,15,19H,5-8,10-11H2,1-2H3. The number of sulfonamides is 1. The van der Waals surface area contributed by atoms with Gasteiger partial charge in [0.1, 0.15) is 10.6 Å². The highest BCUT2D eigenvalue weighted by Crippen LogP contribution is 2.35. The Morgan fingerprint density at radius 2 is 1.93 bits per heavy atom. The van der Waals surface area contributed by atoms with Crippen LogP contribution in [-0.2, 0) is 14.8 Å². The molecule has 1 aromatic heterocycles. The molecule has 2 aliphatic rings. The number of nitrogens with one attached hydrogen (secondary N) is 1. The summed E-state index contributed by atoms with van der Waals surface area (Å²) in [5.74, 6) is 1.64. The maximum atomic E-state index is 12.8. The van der Waals surface area contributed by atoms with Crippen molar-refractivity contribution in [3.8, 4) is 11.5 Å². The van der Waals surface area contributed by atoms with Gasteiger partial charge in [0.05, 0.1) is 13.2 Å². The van der Waals surface area contributed by atoms with Crippen LogP contribution in [0.15, 0.2) is 27.6 Å². The van der Waals surface area contributed by atoms with Gasteiger partial charge in [-0.3, -0.25) is 4.90 Å². The Bertz CT molecular complexity index is 933. The molecule has 0 bridgehead atoms. The quantitative estimate of drug-likeness (QED) is 0.763. The number of rotatable bonds is 6. The van der Waals surface area contributed by atoms with Crippen molar-refractivity contribution in [1.82, 2.24) is 14.8 Å². The fourth-order valence-electron chi connectivity index (χ4n) is 3.59. The summed E-state index contributed by atoms with van der Waals surface area (Å²) in [6.07, 6.45) is 0. The summed E-state index contributed by atoms with van der Waals surface area (Å²) >= 11 is 0. The van der Waals surface area contributed by atoms with Gasteiger partial charge in [-0.25, -0.2) is 13.1 Å². The van der Waals surface area contributed by atoms with Crippen LogP contribution < -0.4 is 14.2 Å². The van der Waals surface area contributed by atoms with Gasteiger partial charge in [0.15, 0.2) is 17.3 Å². The second-order valence-electron chi connectivity index (χ2n) is 6.78. The van der Waals surface area contributed by atoms with E-state index in [9.17, 15) is 8.42 Å². The van der Waals surface area contributed by atoms with Crippen LogP contribution in [0.1, 0.15) is 23.1 Å². The van der Waals surface area contributed by atoms with E-state index in [2.05, 4.69) is 14.8 Å². The van der Waals surface area contributed by atoms with Crippen molar-refractivity contribution in [2.75, 3.05) is 39.6 Å². The normalized spacial score (nSPS) is 18.4. The van der Waals surface area contributed by atoms with Crippen LogP contribution in [0.2, 0.25) is 0 Å². The summed E-state index contributed by atoms with van der Waals surface area (Å²) in [7, 11) is -3.75. The lowest BCUT2D eigenvalue weighted by Crippen LogP contribution is -2.43. The van der Waals surface area contributed by atoms with E-state index < -0.39 is 10.0 Å². The van der Waals surface area contributed by atoms with Crippen molar-refractivity contribution in [2.24, 2.45) is 0 Å². The van der Waals surface area contributed by atoms with E-state index in [1.807, 2.05) is 18.2 Å². The Balaban J connectivity index is 1.59. The zero-order chi connectivity index (χ0) is 19.7. The van der Waals surface area contributed by atoms with Crippen LogP contribution in [0.4, 0.5) is 0 Å². The molecule has 1 saturated heterocycles. The average molecular weight is 409 g/mol. The first-order chi connectivity index (χ1) is 13.5. The maximum Gasteiger partial charge on any atom is 0.246 e. The molecule has 0 saturated carbocycles. The van der Waals surface area contributed by atoms with Gasteiger partial charge < -0.3 is 18.7 Å². The molecule has 1 N–H and O–H groups in total. The number of benzene rings is 1. The molecule has 0 spiro atoms. The number of aryl methyl sites for hydroxylation is 2. The fraction of sp³-hybridized carbons (Fsp3) is 0.500. The van der Waals surface area contributed by atoms with Gasteiger partial charge in [-0.15, -0.1) is 0 Å². The molecule has 1 aromatic carbocycles. The molecule has 4 rings (SSSR count). The summed E-state index contributed by atoms with van der Waals surface area (Å²) in [4.78, 5) is 2.30. The largest absolute Gasteiger partial charge is 0.454 e. The van der Waals surface area contributed by atoms with E-state index in [1.54, 1.807) is 13.8 Å².